The molecule has 8 rings (SSSR count). The number of rotatable bonds is 4. The van der Waals surface area contributed by atoms with Crippen LogP contribution in [0.5, 0.6) is 0 Å². The maximum absolute atomic E-state index is 15.4. The van der Waals surface area contributed by atoms with Gasteiger partial charge in [-0.05, 0) is 60.3 Å². The molecule has 0 heterocycles. The Bertz CT molecular complexity index is 2300. The van der Waals surface area contributed by atoms with Crippen LogP contribution in [-0.2, 0) is 4.57 Å². The Morgan fingerprint density at radius 2 is 0.929 bits per heavy atom. The van der Waals surface area contributed by atoms with E-state index in [-0.39, 0.29) is 0 Å². The van der Waals surface area contributed by atoms with Crippen LogP contribution in [0.3, 0.4) is 0 Å². The van der Waals surface area contributed by atoms with E-state index >= 15 is 4.57 Å². The summed E-state index contributed by atoms with van der Waals surface area (Å²) in [6.07, 6.45) is 0. The first-order chi connectivity index (χ1) is 20.7. The molecule has 8 aromatic rings. The van der Waals surface area contributed by atoms with Crippen LogP contribution in [0, 0.1) is 0 Å². The Morgan fingerprint density at radius 3 is 1.67 bits per heavy atom. The minimum Gasteiger partial charge on any atom is -0.309 e. The van der Waals surface area contributed by atoms with E-state index < -0.39 is 7.14 Å². The van der Waals surface area contributed by atoms with E-state index in [4.69, 9.17) is 0 Å². The molecule has 0 aliphatic rings. The smallest absolute Gasteiger partial charge is 0.171 e. The zero-order valence-corrected chi connectivity index (χ0v) is 23.8. The standard InChI is InChI=1S/C40H27OP/c41-42(32-15-2-1-3-16-32,39-20-10-14-28-11-4-7-17-34(28)39)33-24-21-30(22-25-33)38-27-31-13-6-9-19-36(31)40-35-18-8-5-12-29(35)23-26-37(38)40/h1-27H. The van der Waals surface area contributed by atoms with Gasteiger partial charge in [0.15, 0.2) is 7.14 Å². The first kappa shape index (κ1) is 24.8. The summed E-state index contributed by atoms with van der Waals surface area (Å²) in [6, 6.07) is 56.8. The maximum Gasteiger partial charge on any atom is 0.171 e. The highest BCUT2D eigenvalue weighted by Gasteiger charge is 2.31. The van der Waals surface area contributed by atoms with Gasteiger partial charge in [0.05, 0.1) is 0 Å². The van der Waals surface area contributed by atoms with Gasteiger partial charge in [0, 0.05) is 15.9 Å². The summed E-state index contributed by atoms with van der Waals surface area (Å²) in [5.74, 6) is 0. The van der Waals surface area contributed by atoms with Crippen LogP contribution >= 0.6 is 7.14 Å². The molecule has 1 nitrogen and oxygen atoms in total. The highest BCUT2D eigenvalue weighted by molar-refractivity contribution is 7.85. The third-order valence-electron chi connectivity index (χ3n) is 8.52. The third kappa shape index (κ3) is 3.82. The van der Waals surface area contributed by atoms with Crippen molar-refractivity contribution in [3.05, 3.63) is 164 Å². The van der Waals surface area contributed by atoms with Gasteiger partial charge in [-0.1, -0.05) is 158 Å². The number of hydrogen-bond acceptors (Lipinski definition) is 1. The summed E-state index contributed by atoms with van der Waals surface area (Å²) in [4.78, 5) is 0. The Kier molecular flexibility index (Phi) is 5.81. The highest BCUT2D eigenvalue weighted by Crippen LogP contribution is 2.45. The molecular formula is C40H27OP. The van der Waals surface area contributed by atoms with Crippen molar-refractivity contribution in [3.63, 3.8) is 0 Å². The molecule has 198 valence electrons. The van der Waals surface area contributed by atoms with Crippen LogP contribution in [0.4, 0.5) is 0 Å². The van der Waals surface area contributed by atoms with Crippen LogP contribution in [0.25, 0.3) is 54.2 Å². The van der Waals surface area contributed by atoms with Gasteiger partial charge in [-0.2, -0.15) is 0 Å². The molecule has 2 heteroatoms. The number of benzene rings is 8. The minimum atomic E-state index is -3.15. The molecule has 1 unspecified atom stereocenters. The van der Waals surface area contributed by atoms with Crippen LogP contribution in [-0.4, -0.2) is 0 Å². The monoisotopic (exact) mass is 554 g/mol. The molecule has 0 spiro atoms. The summed E-state index contributed by atoms with van der Waals surface area (Å²) in [5.41, 5.74) is 2.29. The molecular weight excluding hydrogens is 527 g/mol. The van der Waals surface area contributed by atoms with Crippen molar-refractivity contribution in [2.45, 2.75) is 0 Å². The van der Waals surface area contributed by atoms with Gasteiger partial charge >= 0.3 is 0 Å². The molecule has 0 aliphatic carbocycles. The van der Waals surface area contributed by atoms with Crippen molar-refractivity contribution in [2.24, 2.45) is 0 Å². The van der Waals surface area contributed by atoms with E-state index in [9.17, 15) is 0 Å². The van der Waals surface area contributed by atoms with Crippen LogP contribution < -0.4 is 15.9 Å². The second kappa shape index (κ2) is 9.84. The summed E-state index contributed by atoms with van der Waals surface area (Å²) in [7, 11) is -3.15. The van der Waals surface area contributed by atoms with Crippen LogP contribution in [0.2, 0.25) is 0 Å². The normalized spacial score (nSPS) is 13.0. The van der Waals surface area contributed by atoms with Gasteiger partial charge in [-0.3, -0.25) is 0 Å². The van der Waals surface area contributed by atoms with E-state index in [0.29, 0.717) is 0 Å². The summed E-state index contributed by atoms with van der Waals surface area (Å²) in [5, 5.41) is 12.2. The molecule has 0 saturated carbocycles. The molecule has 0 amide bonds. The average Bonchev–Trinajstić information content (AvgIpc) is 3.07. The molecule has 0 N–H and O–H groups in total. The van der Waals surface area contributed by atoms with E-state index in [1.807, 2.05) is 54.6 Å². The Morgan fingerprint density at radius 1 is 0.381 bits per heavy atom. The number of fused-ring (bicyclic) bond motifs is 6. The second-order valence-electron chi connectivity index (χ2n) is 10.8. The van der Waals surface area contributed by atoms with Crippen LogP contribution in [0.15, 0.2) is 164 Å². The Balaban J connectivity index is 1.36. The quantitative estimate of drug-likeness (QED) is 0.156. The molecule has 42 heavy (non-hydrogen) atoms. The zero-order chi connectivity index (χ0) is 28.1. The highest BCUT2D eigenvalue weighted by atomic mass is 31.2. The SMILES string of the molecule is O=P(c1ccccc1)(c1ccc(-c2cc3ccccc3c3c2ccc2ccccc23)cc1)c1cccc2ccccc12. The van der Waals surface area contributed by atoms with Crippen molar-refractivity contribution >= 4 is 66.1 Å². The topological polar surface area (TPSA) is 17.1 Å². The lowest BCUT2D eigenvalue weighted by Crippen LogP contribution is -2.25. The van der Waals surface area contributed by atoms with Gasteiger partial charge in [-0.15, -0.1) is 0 Å². The lowest BCUT2D eigenvalue weighted by Gasteiger charge is -2.22. The van der Waals surface area contributed by atoms with Crippen molar-refractivity contribution in [3.8, 4) is 11.1 Å². The molecule has 0 saturated heterocycles. The van der Waals surface area contributed by atoms with Gasteiger partial charge in [0.25, 0.3) is 0 Å². The van der Waals surface area contributed by atoms with E-state index in [1.54, 1.807) is 0 Å². The molecule has 0 aliphatic heterocycles. The molecule has 8 aromatic carbocycles. The first-order valence-corrected chi connectivity index (χ1v) is 16.0. The summed E-state index contributed by atoms with van der Waals surface area (Å²) < 4.78 is 15.4. The molecule has 0 bridgehead atoms. The second-order valence-corrected chi connectivity index (χ2v) is 13.6. The van der Waals surface area contributed by atoms with Gasteiger partial charge in [0.1, 0.15) is 0 Å². The summed E-state index contributed by atoms with van der Waals surface area (Å²) in [6.45, 7) is 0. The van der Waals surface area contributed by atoms with E-state index in [2.05, 4.69) is 109 Å². The fourth-order valence-corrected chi connectivity index (χ4v) is 9.36. The first-order valence-electron chi connectivity index (χ1n) is 14.3. The van der Waals surface area contributed by atoms with E-state index in [0.717, 1.165) is 32.2 Å². The maximum atomic E-state index is 15.4. The van der Waals surface area contributed by atoms with Crippen LogP contribution in [0.1, 0.15) is 0 Å². The zero-order valence-electron chi connectivity index (χ0n) is 22.9. The molecule has 0 radical (unpaired) electrons. The molecule has 0 aromatic heterocycles. The number of hydrogen-bond donors (Lipinski definition) is 0. The largest absolute Gasteiger partial charge is 0.309 e. The Hall–Kier alpha value is -4.97. The van der Waals surface area contributed by atoms with Crippen molar-refractivity contribution < 1.29 is 4.57 Å². The molecule has 0 fully saturated rings. The van der Waals surface area contributed by atoms with Crippen molar-refractivity contribution in [1.29, 1.82) is 0 Å². The van der Waals surface area contributed by atoms with Gasteiger partial charge < -0.3 is 4.57 Å². The molecule has 1 atom stereocenters. The summed E-state index contributed by atoms with van der Waals surface area (Å²) >= 11 is 0. The van der Waals surface area contributed by atoms with Gasteiger partial charge in [0.2, 0.25) is 0 Å². The minimum absolute atomic E-state index is 0.837. The predicted molar refractivity (Wildman–Crippen MR) is 181 cm³/mol. The average molecular weight is 555 g/mol. The van der Waals surface area contributed by atoms with E-state index in [1.165, 1.54) is 37.9 Å². The lowest BCUT2D eigenvalue weighted by atomic mass is 9.90. The Labute approximate surface area is 245 Å². The van der Waals surface area contributed by atoms with Crippen molar-refractivity contribution in [2.75, 3.05) is 0 Å². The third-order valence-corrected chi connectivity index (χ3v) is 11.6. The lowest BCUT2D eigenvalue weighted by molar-refractivity contribution is 0.592. The predicted octanol–water partition coefficient (Wildman–Crippen LogP) is 9.61. The fourth-order valence-electron chi connectivity index (χ4n) is 6.51. The van der Waals surface area contributed by atoms with Crippen molar-refractivity contribution in [1.82, 2.24) is 0 Å². The fraction of sp³-hybridized carbons (Fsp3) is 0. The van der Waals surface area contributed by atoms with Gasteiger partial charge in [-0.25, -0.2) is 0 Å².